The molecule has 1 saturated heterocycles. The van der Waals surface area contributed by atoms with Gasteiger partial charge in [0.2, 0.25) is 6.29 Å². The number of aliphatic hydroxyl groups is 3. The second-order valence-electron chi connectivity index (χ2n) is 3.54. The fourth-order valence-electron chi connectivity index (χ4n) is 1.21. The number of carbonyl (C=O) groups is 1. The number of carbonyl (C=O) groups excluding carboxylic acids is 1. The van der Waals surface area contributed by atoms with Gasteiger partial charge in [0, 0.05) is 6.08 Å². The predicted molar refractivity (Wildman–Crippen MR) is 56.0 cm³/mol. The number of ether oxygens (including phenoxy) is 2. The molecular formula is C10H16O8. The Morgan fingerprint density at radius 1 is 1.33 bits per heavy atom. The molecule has 8 heteroatoms. The summed E-state index contributed by atoms with van der Waals surface area (Å²) < 4.78 is 9.48. The van der Waals surface area contributed by atoms with E-state index in [0.29, 0.717) is 0 Å². The lowest BCUT2D eigenvalue weighted by molar-refractivity contribution is -0.415. The van der Waals surface area contributed by atoms with E-state index in [4.69, 9.17) is 9.84 Å². The Morgan fingerprint density at radius 2 is 2.06 bits per heavy atom. The molecule has 8 nitrogen and oxygen atoms in total. The molecule has 0 amide bonds. The summed E-state index contributed by atoms with van der Waals surface area (Å²) in [5, 5.41) is 27.9. The van der Waals surface area contributed by atoms with Crippen LogP contribution in [-0.2, 0) is 24.0 Å². The Balaban J connectivity index is 2.15. The van der Waals surface area contributed by atoms with Crippen molar-refractivity contribution in [3.8, 4) is 0 Å². The molecule has 0 saturated carbocycles. The second-order valence-corrected chi connectivity index (χ2v) is 3.54. The molecule has 4 atom stereocenters. The highest BCUT2D eigenvalue weighted by molar-refractivity contribution is 5.81. The van der Waals surface area contributed by atoms with Gasteiger partial charge in [-0.05, 0) is 0 Å². The van der Waals surface area contributed by atoms with Crippen LogP contribution >= 0.6 is 0 Å². The van der Waals surface area contributed by atoms with Gasteiger partial charge in [0.05, 0.1) is 6.61 Å². The molecule has 104 valence electrons. The summed E-state index contributed by atoms with van der Waals surface area (Å²) in [6.07, 6.45) is -4.17. The average molecular weight is 264 g/mol. The van der Waals surface area contributed by atoms with Crippen LogP contribution in [0.25, 0.3) is 0 Å². The van der Waals surface area contributed by atoms with Crippen molar-refractivity contribution in [1.82, 2.24) is 0 Å². The molecule has 1 rings (SSSR count). The van der Waals surface area contributed by atoms with Gasteiger partial charge in [0.25, 0.3) is 0 Å². The first-order valence-electron chi connectivity index (χ1n) is 5.29. The predicted octanol–water partition coefficient (Wildman–Crippen LogP) is -1.90. The zero-order valence-corrected chi connectivity index (χ0v) is 9.60. The van der Waals surface area contributed by atoms with Crippen LogP contribution in [0.1, 0.15) is 0 Å². The third kappa shape index (κ3) is 4.33. The molecule has 0 aromatic heterocycles. The Morgan fingerprint density at radius 3 is 2.72 bits per heavy atom. The van der Waals surface area contributed by atoms with Crippen LogP contribution in [0, 0.1) is 0 Å². The zero-order chi connectivity index (χ0) is 13.5. The van der Waals surface area contributed by atoms with Gasteiger partial charge in [-0.2, -0.15) is 0 Å². The maximum absolute atomic E-state index is 10.6. The largest absolute Gasteiger partial charge is 0.460 e. The number of rotatable bonds is 6. The topological polar surface area (TPSA) is 115 Å². The third-order valence-corrected chi connectivity index (χ3v) is 2.19. The highest BCUT2D eigenvalue weighted by Crippen LogP contribution is 2.16. The van der Waals surface area contributed by atoms with E-state index in [1.54, 1.807) is 0 Å². The minimum Gasteiger partial charge on any atom is -0.460 e. The molecular weight excluding hydrogens is 248 g/mol. The summed E-state index contributed by atoms with van der Waals surface area (Å²) in [5.74, 6) is -0.592. The van der Waals surface area contributed by atoms with Crippen molar-refractivity contribution in [3.05, 3.63) is 12.7 Å². The molecule has 1 heterocycles. The SMILES string of the molecule is C=CC(=O)OCCOO[C@@H]1OC[C@@H](O)C(O)C1O. The van der Waals surface area contributed by atoms with Gasteiger partial charge in [0.1, 0.15) is 31.5 Å². The first kappa shape index (κ1) is 15.0. The maximum atomic E-state index is 10.6. The Bertz CT molecular complexity index is 281. The van der Waals surface area contributed by atoms with Crippen LogP contribution in [-0.4, -0.2) is 65.7 Å². The normalized spacial score (nSPS) is 31.9. The fourth-order valence-corrected chi connectivity index (χ4v) is 1.21. The molecule has 1 fully saturated rings. The van der Waals surface area contributed by atoms with E-state index in [9.17, 15) is 15.0 Å². The van der Waals surface area contributed by atoms with E-state index in [0.717, 1.165) is 6.08 Å². The quantitative estimate of drug-likeness (QED) is 0.168. The van der Waals surface area contributed by atoms with Gasteiger partial charge in [-0.3, -0.25) is 0 Å². The minimum absolute atomic E-state index is 0.0567. The molecule has 1 aliphatic heterocycles. The first-order valence-corrected chi connectivity index (χ1v) is 5.29. The summed E-state index contributed by atoms with van der Waals surface area (Å²) in [4.78, 5) is 19.9. The second kappa shape index (κ2) is 7.41. The third-order valence-electron chi connectivity index (χ3n) is 2.19. The number of hydrogen-bond acceptors (Lipinski definition) is 8. The van der Waals surface area contributed by atoms with Gasteiger partial charge in [-0.15, -0.1) is 0 Å². The van der Waals surface area contributed by atoms with Crippen LogP contribution in [0.4, 0.5) is 0 Å². The molecule has 2 unspecified atom stereocenters. The lowest BCUT2D eigenvalue weighted by Gasteiger charge is -2.33. The zero-order valence-electron chi connectivity index (χ0n) is 9.60. The van der Waals surface area contributed by atoms with Crippen LogP contribution in [0.2, 0.25) is 0 Å². The monoisotopic (exact) mass is 264 g/mol. The molecule has 3 N–H and O–H groups in total. The van der Waals surface area contributed by atoms with Crippen molar-refractivity contribution in [1.29, 1.82) is 0 Å². The van der Waals surface area contributed by atoms with Crippen molar-refractivity contribution in [2.45, 2.75) is 24.6 Å². The number of aliphatic hydroxyl groups excluding tert-OH is 3. The summed E-state index contributed by atoms with van der Waals surface area (Å²) in [6.45, 7) is 2.89. The first-order chi connectivity index (χ1) is 8.56. The fraction of sp³-hybridized carbons (Fsp3) is 0.700. The summed E-state index contributed by atoms with van der Waals surface area (Å²) in [6, 6.07) is 0. The van der Waals surface area contributed by atoms with E-state index in [1.807, 2.05) is 0 Å². The highest BCUT2D eigenvalue weighted by atomic mass is 17.2. The lowest BCUT2D eigenvalue weighted by atomic mass is 10.1. The average Bonchev–Trinajstić information content (AvgIpc) is 2.37. The van der Waals surface area contributed by atoms with E-state index < -0.39 is 30.6 Å². The van der Waals surface area contributed by atoms with Crippen LogP contribution < -0.4 is 0 Å². The maximum Gasteiger partial charge on any atom is 0.330 e. The van der Waals surface area contributed by atoms with Gasteiger partial charge >= 0.3 is 5.97 Å². The van der Waals surface area contributed by atoms with Crippen LogP contribution in [0.5, 0.6) is 0 Å². The van der Waals surface area contributed by atoms with Crippen molar-refractivity contribution < 1.29 is 39.4 Å². The molecule has 18 heavy (non-hydrogen) atoms. The van der Waals surface area contributed by atoms with E-state index in [-0.39, 0.29) is 19.8 Å². The molecule has 0 spiro atoms. The van der Waals surface area contributed by atoms with E-state index in [2.05, 4.69) is 21.1 Å². The van der Waals surface area contributed by atoms with Crippen LogP contribution in [0.15, 0.2) is 12.7 Å². The number of hydrogen-bond donors (Lipinski definition) is 3. The summed E-state index contributed by atoms with van der Waals surface area (Å²) in [7, 11) is 0. The lowest BCUT2D eigenvalue weighted by Crippen LogP contribution is -2.53. The van der Waals surface area contributed by atoms with Crippen molar-refractivity contribution in [2.75, 3.05) is 19.8 Å². The summed E-state index contributed by atoms with van der Waals surface area (Å²) >= 11 is 0. The highest BCUT2D eigenvalue weighted by Gasteiger charge is 2.38. The Hall–Kier alpha value is -1.03. The standard InChI is InChI=1S/C10H16O8/c1-2-7(12)15-3-4-17-18-10-9(14)8(13)6(11)5-16-10/h2,6,8-11,13-14H,1,3-5H2/t6-,8?,9?,10+/m1/s1. The molecule has 0 aromatic rings. The Labute approximate surface area is 103 Å². The molecule has 1 aliphatic rings. The smallest absolute Gasteiger partial charge is 0.330 e. The van der Waals surface area contributed by atoms with Crippen LogP contribution in [0.3, 0.4) is 0 Å². The molecule has 0 aliphatic carbocycles. The molecule has 0 aromatic carbocycles. The van der Waals surface area contributed by atoms with Gasteiger partial charge in [-0.1, -0.05) is 6.58 Å². The minimum atomic E-state index is -1.43. The summed E-state index contributed by atoms with van der Waals surface area (Å²) in [5.41, 5.74) is 0. The van der Waals surface area contributed by atoms with Crippen molar-refractivity contribution >= 4 is 5.97 Å². The van der Waals surface area contributed by atoms with Gasteiger partial charge in [0.15, 0.2) is 0 Å². The molecule has 0 radical (unpaired) electrons. The van der Waals surface area contributed by atoms with E-state index in [1.165, 1.54) is 0 Å². The molecule has 0 bridgehead atoms. The number of esters is 1. The van der Waals surface area contributed by atoms with Gasteiger partial charge < -0.3 is 24.8 Å². The van der Waals surface area contributed by atoms with Crippen molar-refractivity contribution in [2.24, 2.45) is 0 Å². The van der Waals surface area contributed by atoms with E-state index >= 15 is 0 Å². The Kier molecular flexibility index (Phi) is 6.19. The van der Waals surface area contributed by atoms with Crippen molar-refractivity contribution in [3.63, 3.8) is 0 Å². The van der Waals surface area contributed by atoms with Gasteiger partial charge in [-0.25, -0.2) is 14.6 Å².